The molecule has 3 nitrogen and oxygen atoms in total. The Morgan fingerprint density at radius 3 is 3.06 bits per heavy atom. The molecule has 1 aliphatic carbocycles. The molecule has 0 radical (unpaired) electrons. The fourth-order valence-corrected chi connectivity index (χ4v) is 1.56. The fourth-order valence-electron chi connectivity index (χ4n) is 1.56. The molecule has 0 bridgehead atoms. The molecule has 1 aromatic rings. The standard InChI is InChI=1S/C14H19FN2O/c1-10(2)6-8-18-14-13(15)11(5-7-16-14)9-17-12-3-4-12/h5,7,12,17H,1,3-4,6,8-9H2,2H3. The van der Waals surface area contributed by atoms with E-state index >= 15 is 0 Å². The first-order valence-corrected chi connectivity index (χ1v) is 6.30. The summed E-state index contributed by atoms with van der Waals surface area (Å²) < 4.78 is 19.4. The number of rotatable bonds is 7. The Hall–Kier alpha value is -1.42. The van der Waals surface area contributed by atoms with Gasteiger partial charge in [0.2, 0.25) is 0 Å². The molecular formula is C14H19FN2O. The van der Waals surface area contributed by atoms with Crippen molar-refractivity contribution in [1.82, 2.24) is 10.3 Å². The molecule has 18 heavy (non-hydrogen) atoms. The number of hydrogen-bond acceptors (Lipinski definition) is 3. The molecule has 0 unspecified atom stereocenters. The summed E-state index contributed by atoms with van der Waals surface area (Å²) in [5.41, 5.74) is 1.63. The molecule has 0 aliphatic heterocycles. The van der Waals surface area contributed by atoms with Crippen LogP contribution in [0.4, 0.5) is 4.39 Å². The van der Waals surface area contributed by atoms with E-state index < -0.39 is 0 Å². The molecule has 0 amide bonds. The topological polar surface area (TPSA) is 34.1 Å². The second-order valence-corrected chi connectivity index (χ2v) is 4.80. The summed E-state index contributed by atoms with van der Waals surface area (Å²) in [6.07, 6.45) is 4.68. The molecule has 0 atom stereocenters. The maximum Gasteiger partial charge on any atom is 0.250 e. The third-order valence-corrected chi connectivity index (χ3v) is 2.86. The zero-order chi connectivity index (χ0) is 13.0. The number of halogens is 1. The Morgan fingerprint density at radius 1 is 1.61 bits per heavy atom. The van der Waals surface area contributed by atoms with Gasteiger partial charge in [-0.15, -0.1) is 6.58 Å². The number of nitrogens with zero attached hydrogens (tertiary/aromatic N) is 1. The number of ether oxygens (including phenoxy) is 1. The fraction of sp³-hybridized carbons (Fsp3) is 0.500. The van der Waals surface area contributed by atoms with Crippen molar-refractivity contribution in [2.45, 2.75) is 38.8 Å². The normalized spacial score (nSPS) is 14.6. The van der Waals surface area contributed by atoms with Crippen LogP contribution in [-0.2, 0) is 6.54 Å². The summed E-state index contributed by atoms with van der Waals surface area (Å²) in [4.78, 5) is 3.92. The van der Waals surface area contributed by atoms with Crippen molar-refractivity contribution in [2.24, 2.45) is 0 Å². The van der Waals surface area contributed by atoms with Gasteiger partial charge < -0.3 is 10.1 Å². The van der Waals surface area contributed by atoms with E-state index in [1.807, 2.05) is 6.92 Å². The van der Waals surface area contributed by atoms with Gasteiger partial charge in [-0.1, -0.05) is 5.57 Å². The van der Waals surface area contributed by atoms with Gasteiger partial charge in [0.05, 0.1) is 6.61 Å². The molecule has 1 heterocycles. The molecule has 2 rings (SSSR count). The Bertz CT molecular complexity index is 430. The summed E-state index contributed by atoms with van der Waals surface area (Å²) in [6, 6.07) is 2.25. The molecule has 1 N–H and O–H groups in total. The highest BCUT2D eigenvalue weighted by Crippen LogP contribution is 2.22. The Balaban J connectivity index is 1.92. The van der Waals surface area contributed by atoms with Crippen molar-refractivity contribution >= 4 is 0 Å². The lowest BCUT2D eigenvalue weighted by Gasteiger charge is -2.09. The van der Waals surface area contributed by atoms with Crippen molar-refractivity contribution in [1.29, 1.82) is 0 Å². The van der Waals surface area contributed by atoms with Gasteiger partial charge in [-0.05, 0) is 25.8 Å². The molecule has 0 saturated heterocycles. The van der Waals surface area contributed by atoms with E-state index in [9.17, 15) is 4.39 Å². The zero-order valence-corrected chi connectivity index (χ0v) is 10.7. The van der Waals surface area contributed by atoms with Crippen LogP contribution in [0.3, 0.4) is 0 Å². The predicted molar refractivity (Wildman–Crippen MR) is 69.0 cm³/mol. The second-order valence-electron chi connectivity index (χ2n) is 4.80. The minimum atomic E-state index is -0.354. The molecular weight excluding hydrogens is 231 g/mol. The van der Waals surface area contributed by atoms with Crippen LogP contribution >= 0.6 is 0 Å². The molecule has 98 valence electrons. The van der Waals surface area contributed by atoms with Gasteiger partial charge in [0, 0.05) is 30.8 Å². The lowest BCUT2D eigenvalue weighted by Crippen LogP contribution is -2.16. The molecule has 1 aromatic heterocycles. The predicted octanol–water partition coefficient (Wildman–Crippen LogP) is 2.82. The monoisotopic (exact) mass is 250 g/mol. The SMILES string of the molecule is C=C(C)CCOc1nccc(CNC2CC2)c1F. The quantitative estimate of drug-likeness (QED) is 0.756. The highest BCUT2D eigenvalue weighted by molar-refractivity contribution is 5.23. The van der Waals surface area contributed by atoms with Crippen LogP contribution in [0.2, 0.25) is 0 Å². The maximum absolute atomic E-state index is 14.0. The summed E-state index contributed by atoms with van der Waals surface area (Å²) in [5.74, 6) is -0.265. The van der Waals surface area contributed by atoms with E-state index in [4.69, 9.17) is 4.74 Å². The molecule has 0 spiro atoms. The van der Waals surface area contributed by atoms with Crippen LogP contribution in [0.25, 0.3) is 0 Å². The highest BCUT2D eigenvalue weighted by Gasteiger charge is 2.21. The van der Waals surface area contributed by atoms with Crippen LogP contribution < -0.4 is 10.1 Å². The lowest BCUT2D eigenvalue weighted by atomic mass is 10.2. The maximum atomic E-state index is 14.0. The van der Waals surface area contributed by atoms with E-state index in [2.05, 4.69) is 16.9 Å². The van der Waals surface area contributed by atoms with Crippen molar-refractivity contribution in [2.75, 3.05) is 6.61 Å². The first-order valence-electron chi connectivity index (χ1n) is 6.30. The number of nitrogens with one attached hydrogen (secondary N) is 1. The van der Waals surface area contributed by atoms with E-state index in [-0.39, 0.29) is 11.7 Å². The van der Waals surface area contributed by atoms with Gasteiger partial charge in [-0.2, -0.15) is 0 Å². The van der Waals surface area contributed by atoms with Crippen LogP contribution in [-0.4, -0.2) is 17.6 Å². The highest BCUT2D eigenvalue weighted by atomic mass is 19.1. The van der Waals surface area contributed by atoms with E-state index in [0.717, 1.165) is 5.57 Å². The number of aromatic nitrogens is 1. The molecule has 1 aliphatic rings. The average Bonchev–Trinajstić information content (AvgIpc) is 3.13. The summed E-state index contributed by atoms with van der Waals surface area (Å²) in [5, 5.41) is 3.28. The summed E-state index contributed by atoms with van der Waals surface area (Å²) >= 11 is 0. The van der Waals surface area contributed by atoms with Gasteiger partial charge >= 0.3 is 0 Å². The Morgan fingerprint density at radius 2 is 2.39 bits per heavy atom. The minimum Gasteiger partial charge on any atom is -0.475 e. The van der Waals surface area contributed by atoms with E-state index in [1.165, 1.54) is 12.8 Å². The second kappa shape index (κ2) is 5.96. The number of hydrogen-bond donors (Lipinski definition) is 1. The minimum absolute atomic E-state index is 0.0892. The molecule has 1 saturated carbocycles. The third-order valence-electron chi connectivity index (χ3n) is 2.86. The van der Waals surface area contributed by atoms with Crippen LogP contribution in [0, 0.1) is 5.82 Å². The zero-order valence-electron chi connectivity index (χ0n) is 10.7. The largest absolute Gasteiger partial charge is 0.475 e. The first-order chi connectivity index (χ1) is 8.66. The van der Waals surface area contributed by atoms with Crippen molar-refractivity contribution in [3.05, 3.63) is 35.8 Å². The van der Waals surface area contributed by atoms with Crippen LogP contribution in [0.15, 0.2) is 24.4 Å². The van der Waals surface area contributed by atoms with E-state index in [0.29, 0.717) is 31.2 Å². The summed E-state index contributed by atoms with van der Waals surface area (Å²) in [7, 11) is 0. The van der Waals surface area contributed by atoms with Crippen molar-refractivity contribution < 1.29 is 9.13 Å². The van der Waals surface area contributed by atoms with Gasteiger partial charge in [-0.3, -0.25) is 0 Å². The smallest absolute Gasteiger partial charge is 0.250 e. The first kappa shape index (κ1) is 13.0. The van der Waals surface area contributed by atoms with Gasteiger partial charge in [-0.25, -0.2) is 9.37 Å². The van der Waals surface area contributed by atoms with Gasteiger partial charge in [0.25, 0.3) is 5.88 Å². The Kier molecular flexibility index (Phi) is 4.31. The number of pyridine rings is 1. The van der Waals surface area contributed by atoms with Gasteiger partial charge in [0.1, 0.15) is 0 Å². The Labute approximate surface area is 107 Å². The van der Waals surface area contributed by atoms with Crippen molar-refractivity contribution in [3.63, 3.8) is 0 Å². The lowest BCUT2D eigenvalue weighted by molar-refractivity contribution is 0.290. The van der Waals surface area contributed by atoms with Crippen molar-refractivity contribution in [3.8, 4) is 5.88 Å². The van der Waals surface area contributed by atoms with Gasteiger partial charge in [0.15, 0.2) is 5.82 Å². The van der Waals surface area contributed by atoms with E-state index in [1.54, 1.807) is 12.3 Å². The van der Waals surface area contributed by atoms with Crippen LogP contribution in [0.5, 0.6) is 5.88 Å². The third kappa shape index (κ3) is 3.81. The molecule has 4 heteroatoms. The van der Waals surface area contributed by atoms with Crippen LogP contribution in [0.1, 0.15) is 31.7 Å². The molecule has 1 fully saturated rings. The summed E-state index contributed by atoms with van der Waals surface area (Å²) in [6.45, 7) is 6.65. The molecule has 0 aromatic carbocycles. The average molecular weight is 250 g/mol.